The molecule has 0 unspecified atom stereocenters. The molecule has 2 aromatic rings. The number of carbonyl (C=O) groups is 1. The Morgan fingerprint density at radius 2 is 2.12 bits per heavy atom. The van der Waals surface area contributed by atoms with Crippen LogP contribution < -0.4 is 0 Å². The molecule has 88 valence electrons. The number of aryl methyl sites for hydroxylation is 1. The number of para-hydroxylation sites is 1. The fourth-order valence-electron chi connectivity index (χ4n) is 1.45. The lowest BCUT2D eigenvalue weighted by molar-refractivity contribution is -0.137. The van der Waals surface area contributed by atoms with E-state index >= 15 is 0 Å². The number of hydrogen-bond acceptors (Lipinski definition) is 4. The Morgan fingerprint density at radius 1 is 1.35 bits per heavy atom. The highest BCUT2D eigenvalue weighted by atomic mass is 16.4. The molecular weight excluding hydrogens is 222 g/mol. The maximum Gasteiger partial charge on any atom is 0.303 e. The molecule has 17 heavy (non-hydrogen) atoms. The normalized spacial score (nSPS) is 10.4. The Kier molecular flexibility index (Phi) is 3.09. The van der Waals surface area contributed by atoms with Crippen molar-refractivity contribution in [3.05, 3.63) is 36.4 Å². The fourth-order valence-corrected chi connectivity index (χ4v) is 1.45. The molecule has 0 aliphatic rings. The zero-order valence-electron chi connectivity index (χ0n) is 8.96. The van der Waals surface area contributed by atoms with Crippen molar-refractivity contribution < 1.29 is 19.4 Å². The number of phenols is 1. The van der Waals surface area contributed by atoms with Gasteiger partial charge in [0.25, 0.3) is 0 Å². The van der Waals surface area contributed by atoms with Crippen molar-refractivity contribution in [3.8, 4) is 17.0 Å². The zero-order chi connectivity index (χ0) is 12.3. The van der Waals surface area contributed by atoms with Crippen LogP contribution in [0.25, 0.3) is 11.3 Å². The first kappa shape index (κ1) is 11.2. The summed E-state index contributed by atoms with van der Waals surface area (Å²) in [5.74, 6) is -0.427. The first-order chi connectivity index (χ1) is 8.16. The van der Waals surface area contributed by atoms with Crippen LogP contribution in [0.15, 0.2) is 34.9 Å². The monoisotopic (exact) mass is 233 g/mol. The van der Waals surface area contributed by atoms with Crippen molar-refractivity contribution in [1.82, 2.24) is 4.98 Å². The molecule has 0 saturated heterocycles. The second kappa shape index (κ2) is 4.69. The van der Waals surface area contributed by atoms with Gasteiger partial charge in [0.15, 0.2) is 5.89 Å². The molecule has 5 heteroatoms. The minimum atomic E-state index is -0.896. The summed E-state index contributed by atoms with van der Waals surface area (Å²) in [5.41, 5.74) is 1.07. The highest BCUT2D eigenvalue weighted by molar-refractivity contribution is 5.67. The molecule has 0 spiro atoms. The van der Waals surface area contributed by atoms with Gasteiger partial charge in [-0.15, -0.1) is 0 Å². The van der Waals surface area contributed by atoms with E-state index in [0.29, 0.717) is 17.1 Å². The minimum absolute atomic E-state index is 0.0271. The number of aromatic nitrogens is 1. The molecule has 2 rings (SSSR count). The van der Waals surface area contributed by atoms with Gasteiger partial charge in [-0.05, 0) is 12.1 Å². The molecule has 0 saturated carbocycles. The highest BCUT2D eigenvalue weighted by Gasteiger charge is 2.10. The van der Waals surface area contributed by atoms with Crippen molar-refractivity contribution >= 4 is 5.97 Å². The quantitative estimate of drug-likeness (QED) is 0.844. The number of aromatic hydroxyl groups is 1. The number of phenolic OH excluding ortho intramolecular Hbond substituents is 1. The van der Waals surface area contributed by atoms with Crippen LogP contribution in [0.5, 0.6) is 5.75 Å². The average Bonchev–Trinajstić information content (AvgIpc) is 2.75. The number of nitrogens with zero attached hydrogens (tertiary/aromatic N) is 1. The summed E-state index contributed by atoms with van der Waals surface area (Å²) in [6.07, 6.45) is 1.62. The smallest absolute Gasteiger partial charge is 0.303 e. The SMILES string of the molecule is O=C(O)CCc1nc(-c2ccccc2O)co1. The van der Waals surface area contributed by atoms with Crippen LogP contribution in [0.3, 0.4) is 0 Å². The van der Waals surface area contributed by atoms with Crippen molar-refractivity contribution in [2.45, 2.75) is 12.8 Å². The molecule has 1 aromatic carbocycles. The lowest BCUT2D eigenvalue weighted by atomic mass is 10.1. The largest absolute Gasteiger partial charge is 0.507 e. The number of benzene rings is 1. The Morgan fingerprint density at radius 3 is 2.82 bits per heavy atom. The molecule has 1 aromatic heterocycles. The molecule has 1 heterocycles. The van der Waals surface area contributed by atoms with Crippen LogP contribution in [0.2, 0.25) is 0 Å². The Balaban J connectivity index is 2.18. The molecule has 5 nitrogen and oxygen atoms in total. The van der Waals surface area contributed by atoms with Crippen molar-refractivity contribution in [2.75, 3.05) is 0 Å². The summed E-state index contributed by atoms with van der Waals surface area (Å²) in [5, 5.41) is 18.1. The standard InChI is InChI=1S/C12H11NO4/c14-10-4-2-1-3-8(10)9-7-17-11(13-9)5-6-12(15)16/h1-4,7,14H,5-6H2,(H,15,16). The summed E-state index contributed by atoms with van der Waals surface area (Å²) in [6.45, 7) is 0. The van der Waals surface area contributed by atoms with E-state index in [9.17, 15) is 9.90 Å². The summed E-state index contributed by atoms with van der Waals surface area (Å²) in [4.78, 5) is 14.5. The van der Waals surface area contributed by atoms with Crippen LogP contribution in [0.4, 0.5) is 0 Å². The average molecular weight is 233 g/mol. The van der Waals surface area contributed by atoms with Crippen LogP contribution in [0.1, 0.15) is 12.3 Å². The van der Waals surface area contributed by atoms with Gasteiger partial charge in [0.2, 0.25) is 0 Å². The number of aliphatic carboxylic acids is 1. The molecule has 0 atom stereocenters. The fraction of sp³-hybridized carbons (Fsp3) is 0.167. The van der Waals surface area contributed by atoms with Gasteiger partial charge in [0.1, 0.15) is 17.7 Å². The third-order valence-electron chi connectivity index (χ3n) is 2.28. The van der Waals surface area contributed by atoms with E-state index in [-0.39, 0.29) is 18.6 Å². The summed E-state index contributed by atoms with van der Waals surface area (Å²) in [6, 6.07) is 6.76. The highest BCUT2D eigenvalue weighted by Crippen LogP contribution is 2.27. The zero-order valence-corrected chi connectivity index (χ0v) is 8.96. The number of hydrogen-bond donors (Lipinski definition) is 2. The predicted molar refractivity (Wildman–Crippen MR) is 59.6 cm³/mol. The summed E-state index contributed by atoms with van der Waals surface area (Å²) in [7, 11) is 0. The van der Waals surface area contributed by atoms with Gasteiger partial charge in [-0.25, -0.2) is 4.98 Å². The first-order valence-electron chi connectivity index (χ1n) is 5.11. The minimum Gasteiger partial charge on any atom is -0.507 e. The van der Waals surface area contributed by atoms with E-state index in [1.165, 1.54) is 6.26 Å². The van der Waals surface area contributed by atoms with Crippen molar-refractivity contribution in [3.63, 3.8) is 0 Å². The number of rotatable bonds is 4. The van der Waals surface area contributed by atoms with Crippen LogP contribution in [-0.2, 0) is 11.2 Å². The van der Waals surface area contributed by atoms with Gasteiger partial charge < -0.3 is 14.6 Å². The molecule has 0 radical (unpaired) electrons. The molecule has 0 aliphatic heterocycles. The van der Waals surface area contributed by atoms with E-state index in [2.05, 4.69) is 4.98 Å². The van der Waals surface area contributed by atoms with Gasteiger partial charge in [0.05, 0.1) is 6.42 Å². The van der Waals surface area contributed by atoms with Crippen molar-refractivity contribution in [1.29, 1.82) is 0 Å². The van der Waals surface area contributed by atoms with Gasteiger partial charge in [-0.2, -0.15) is 0 Å². The van der Waals surface area contributed by atoms with E-state index in [1.807, 2.05) is 0 Å². The Hall–Kier alpha value is -2.30. The summed E-state index contributed by atoms with van der Waals surface area (Å²) >= 11 is 0. The van der Waals surface area contributed by atoms with Gasteiger partial charge in [-0.1, -0.05) is 12.1 Å². The third-order valence-corrected chi connectivity index (χ3v) is 2.28. The Labute approximate surface area is 97.3 Å². The number of carboxylic acid groups (broad SMARTS) is 1. The maximum atomic E-state index is 10.4. The van der Waals surface area contributed by atoms with Crippen molar-refractivity contribution in [2.24, 2.45) is 0 Å². The van der Waals surface area contributed by atoms with Crippen LogP contribution >= 0.6 is 0 Å². The molecule has 0 amide bonds. The van der Waals surface area contributed by atoms with Crippen LogP contribution in [0, 0.1) is 0 Å². The maximum absolute atomic E-state index is 10.4. The number of oxazole rings is 1. The van der Waals surface area contributed by atoms with Gasteiger partial charge in [0, 0.05) is 12.0 Å². The van der Waals surface area contributed by atoms with E-state index in [1.54, 1.807) is 24.3 Å². The molecule has 2 N–H and O–H groups in total. The second-order valence-electron chi connectivity index (χ2n) is 3.54. The predicted octanol–water partition coefficient (Wildman–Crippen LogP) is 2.06. The number of carboxylic acids is 1. The lowest BCUT2D eigenvalue weighted by Crippen LogP contribution is -1.97. The first-order valence-corrected chi connectivity index (χ1v) is 5.11. The van der Waals surface area contributed by atoms with E-state index < -0.39 is 5.97 Å². The van der Waals surface area contributed by atoms with Crippen LogP contribution in [-0.4, -0.2) is 21.2 Å². The van der Waals surface area contributed by atoms with E-state index in [4.69, 9.17) is 9.52 Å². The van der Waals surface area contributed by atoms with E-state index in [0.717, 1.165) is 0 Å². The van der Waals surface area contributed by atoms with Gasteiger partial charge >= 0.3 is 5.97 Å². The topological polar surface area (TPSA) is 83.6 Å². The van der Waals surface area contributed by atoms with Gasteiger partial charge in [-0.3, -0.25) is 4.79 Å². The summed E-state index contributed by atoms with van der Waals surface area (Å²) < 4.78 is 5.14. The molecule has 0 fully saturated rings. The second-order valence-corrected chi connectivity index (χ2v) is 3.54. The molecule has 0 aliphatic carbocycles. The Bertz CT molecular complexity index is 533. The lowest BCUT2D eigenvalue weighted by Gasteiger charge is -1.98. The molecule has 0 bridgehead atoms. The third kappa shape index (κ3) is 2.63. The molecular formula is C12H11NO4.